The van der Waals surface area contributed by atoms with Gasteiger partial charge in [0, 0.05) is 12.7 Å². The molecule has 1 aromatic rings. The van der Waals surface area contributed by atoms with Crippen molar-refractivity contribution in [1.29, 1.82) is 0 Å². The highest BCUT2D eigenvalue weighted by molar-refractivity contribution is 14.1. The lowest BCUT2D eigenvalue weighted by atomic mass is 10.2. The Hall–Kier alpha value is 1.68. The molecule has 0 aliphatic rings. The van der Waals surface area contributed by atoms with E-state index in [2.05, 4.69) is 96.9 Å². The van der Waals surface area contributed by atoms with Crippen molar-refractivity contribution in [3.63, 3.8) is 0 Å². The summed E-state index contributed by atoms with van der Waals surface area (Å²) in [7, 11) is 0. The smallest absolute Gasteiger partial charge is 0.144 e. The van der Waals surface area contributed by atoms with Crippen molar-refractivity contribution in [2.24, 2.45) is 0 Å². The second kappa shape index (κ2) is 5.14. The summed E-state index contributed by atoms with van der Waals surface area (Å²) in [5.41, 5.74) is 1.10. The molecular weight excluding hydrogens is 620 g/mol. The van der Waals surface area contributed by atoms with Crippen LogP contribution >= 0.6 is 90.4 Å². The zero-order valence-corrected chi connectivity index (χ0v) is 14.9. The Kier molecular flexibility index (Phi) is 5.04. The Morgan fingerprint density at radius 2 is 1.31 bits per heavy atom. The van der Waals surface area contributed by atoms with Crippen LogP contribution in [0.4, 0.5) is 0 Å². The van der Waals surface area contributed by atoms with E-state index in [4.69, 9.17) is 0 Å². The Bertz CT molecular complexity index is 344. The Morgan fingerprint density at radius 3 is 1.62 bits per heavy atom. The minimum absolute atomic E-state index is 0.376. The Balaban J connectivity index is 3.66. The van der Waals surface area contributed by atoms with Gasteiger partial charge >= 0.3 is 0 Å². The summed E-state index contributed by atoms with van der Waals surface area (Å²) in [6.07, 6.45) is 1.83. The van der Waals surface area contributed by atoms with Gasteiger partial charge in [-0.15, -0.1) is 0 Å². The predicted molar refractivity (Wildman–Crippen MR) is 89.1 cm³/mol. The van der Waals surface area contributed by atoms with Crippen LogP contribution in [0.25, 0.3) is 6.08 Å². The van der Waals surface area contributed by atoms with Gasteiger partial charge in [0.05, 0.1) is 7.14 Å². The highest BCUT2D eigenvalue weighted by atomic mass is 127. The highest BCUT2D eigenvalue weighted by Gasteiger charge is 2.15. The quantitative estimate of drug-likeness (QED) is 0.362. The molecule has 0 atom stereocenters. The molecule has 0 aliphatic carbocycles. The van der Waals surface area contributed by atoms with E-state index in [9.17, 15) is 5.11 Å². The van der Waals surface area contributed by atoms with E-state index in [0.29, 0.717) is 5.75 Å². The molecule has 0 saturated heterocycles. The first-order valence-electron chi connectivity index (χ1n) is 3.18. The molecule has 0 amide bonds. The molecule has 0 heterocycles. The van der Waals surface area contributed by atoms with Gasteiger partial charge in [0.15, 0.2) is 0 Å². The van der Waals surface area contributed by atoms with E-state index >= 15 is 0 Å². The van der Waals surface area contributed by atoms with E-state index in [1.165, 1.54) is 0 Å². The van der Waals surface area contributed by atoms with Crippen LogP contribution in [0.3, 0.4) is 0 Å². The average molecular weight is 624 g/mol. The van der Waals surface area contributed by atoms with E-state index in [1.54, 1.807) is 0 Å². The van der Waals surface area contributed by atoms with Crippen LogP contribution in [0.2, 0.25) is 0 Å². The fourth-order valence-corrected chi connectivity index (χ4v) is 4.46. The second-order valence-electron chi connectivity index (χ2n) is 2.22. The molecule has 0 aromatic heterocycles. The van der Waals surface area contributed by atoms with Gasteiger partial charge < -0.3 is 5.11 Å². The largest absolute Gasteiger partial charge is 0.506 e. The van der Waals surface area contributed by atoms with Crippen molar-refractivity contribution in [1.82, 2.24) is 0 Å². The maximum atomic E-state index is 9.73. The van der Waals surface area contributed by atoms with Crippen LogP contribution in [0.5, 0.6) is 5.75 Å². The van der Waals surface area contributed by atoms with E-state index in [-0.39, 0.29) is 0 Å². The summed E-state index contributed by atoms with van der Waals surface area (Å²) >= 11 is 8.75. The van der Waals surface area contributed by atoms with Gasteiger partial charge in [0.25, 0.3) is 0 Å². The first kappa shape index (κ1) is 12.7. The van der Waals surface area contributed by atoms with Crippen LogP contribution in [0, 0.1) is 14.3 Å². The van der Waals surface area contributed by atoms with Gasteiger partial charge in [-0.25, -0.2) is 0 Å². The van der Waals surface area contributed by atoms with Crippen LogP contribution < -0.4 is 0 Å². The predicted octanol–water partition coefficient (Wildman–Crippen LogP) is 4.45. The van der Waals surface area contributed by atoms with Crippen molar-refractivity contribution >= 4 is 96.4 Å². The fourth-order valence-electron chi connectivity index (χ4n) is 0.816. The van der Waals surface area contributed by atoms with Crippen LogP contribution in [0.15, 0.2) is 6.58 Å². The van der Waals surface area contributed by atoms with Gasteiger partial charge in [-0.2, -0.15) is 0 Å². The number of phenolic OH excluding ortho intramolecular Hbond substituents is 1. The van der Waals surface area contributed by atoms with Gasteiger partial charge in [0.2, 0.25) is 0 Å². The van der Waals surface area contributed by atoms with Crippen molar-refractivity contribution in [3.8, 4) is 5.75 Å². The van der Waals surface area contributed by atoms with E-state index < -0.39 is 0 Å². The molecule has 1 N–H and O–H groups in total. The Morgan fingerprint density at radius 1 is 0.923 bits per heavy atom. The van der Waals surface area contributed by atoms with Crippen molar-refractivity contribution < 1.29 is 5.11 Å². The number of benzene rings is 1. The summed E-state index contributed by atoms with van der Waals surface area (Å²) < 4.78 is 3.93. The summed E-state index contributed by atoms with van der Waals surface area (Å²) in [5, 5.41) is 9.73. The number of phenols is 1. The molecule has 0 fully saturated rings. The Labute approximate surface area is 131 Å². The lowest BCUT2D eigenvalue weighted by Gasteiger charge is -2.09. The van der Waals surface area contributed by atoms with Gasteiger partial charge in [-0.05, 0) is 90.4 Å². The third-order valence-electron chi connectivity index (χ3n) is 1.48. The molecule has 0 spiro atoms. The molecule has 70 valence electrons. The van der Waals surface area contributed by atoms with E-state index in [1.807, 2.05) is 6.08 Å². The average Bonchev–Trinajstić information content (AvgIpc) is 2.13. The SMILES string of the molecule is C=Cc1c(I)c(I)c(O)c(I)c1I. The molecular formula is C8H4I4O. The molecule has 0 saturated carbocycles. The first-order chi connectivity index (χ1) is 6.00. The van der Waals surface area contributed by atoms with Crippen molar-refractivity contribution in [3.05, 3.63) is 26.4 Å². The number of rotatable bonds is 1. The minimum atomic E-state index is 0.376. The maximum Gasteiger partial charge on any atom is 0.144 e. The number of halogens is 4. The van der Waals surface area contributed by atoms with E-state index in [0.717, 1.165) is 19.8 Å². The van der Waals surface area contributed by atoms with Crippen molar-refractivity contribution in [2.45, 2.75) is 0 Å². The molecule has 1 nitrogen and oxygen atoms in total. The number of aromatic hydroxyl groups is 1. The summed E-state index contributed by atoms with van der Waals surface area (Å²) in [6.45, 7) is 3.77. The highest BCUT2D eigenvalue weighted by Crippen LogP contribution is 2.37. The normalized spacial score (nSPS) is 10.2. The van der Waals surface area contributed by atoms with Crippen LogP contribution in [0.1, 0.15) is 5.56 Å². The molecule has 0 unspecified atom stereocenters. The third kappa shape index (κ3) is 2.44. The van der Waals surface area contributed by atoms with Gasteiger partial charge in [-0.1, -0.05) is 12.7 Å². The minimum Gasteiger partial charge on any atom is -0.506 e. The van der Waals surface area contributed by atoms with Crippen LogP contribution in [-0.2, 0) is 0 Å². The molecule has 13 heavy (non-hydrogen) atoms. The molecule has 1 aromatic carbocycles. The van der Waals surface area contributed by atoms with Gasteiger partial charge in [-0.3, -0.25) is 0 Å². The lowest BCUT2D eigenvalue weighted by Crippen LogP contribution is -1.95. The molecule has 0 bridgehead atoms. The monoisotopic (exact) mass is 624 g/mol. The van der Waals surface area contributed by atoms with Gasteiger partial charge in [0.1, 0.15) is 5.75 Å². The number of hydrogen-bond acceptors (Lipinski definition) is 1. The topological polar surface area (TPSA) is 20.2 Å². The lowest BCUT2D eigenvalue weighted by molar-refractivity contribution is 0.466. The summed E-state index contributed by atoms with van der Waals surface area (Å²) in [5.74, 6) is 0.376. The molecule has 5 heteroatoms. The molecule has 1 rings (SSSR count). The first-order valence-corrected chi connectivity index (χ1v) is 7.49. The summed E-state index contributed by atoms with van der Waals surface area (Å²) in [4.78, 5) is 0. The third-order valence-corrected chi connectivity index (χ3v) is 7.88. The van der Waals surface area contributed by atoms with Crippen LogP contribution in [-0.4, -0.2) is 5.11 Å². The fraction of sp³-hybridized carbons (Fsp3) is 0. The maximum absolute atomic E-state index is 9.73. The molecule has 0 aliphatic heterocycles. The van der Waals surface area contributed by atoms with Crippen molar-refractivity contribution in [2.75, 3.05) is 0 Å². The second-order valence-corrected chi connectivity index (χ2v) is 6.54. The standard InChI is InChI=1S/C8H4I4O/c1-2-3-4(9)6(11)8(13)7(12)5(3)10/h2,13H,1H2. The number of hydrogen-bond donors (Lipinski definition) is 1. The zero-order valence-electron chi connectivity index (χ0n) is 6.24. The zero-order chi connectivity index (χ0) is 10.2. The molecule has 0 radical (unpaired) electrons. The summed E-state index contributed by atoms with van der Waals surface area (Å²) in [6, 6.07) is 0.